The number of hydrogen-bond acceptors (Lipinski definition) is 6. The van der Waals surface area contributed by atoms with Crippen LogP contribution in [0.4, 0.5) is 0 Å². The summed E-state index contributed by atoms with van der Waals surface area (Å²) in [5, 5.41) is 2.72. The fraction of sp³-hybridized carbons (Fsp3) is 0.625. The summed E-state index contributed by atoms with van der Waals surface area (Å²) in [7, 11) is 0. The molecule has 2 aliphatic rings. The number of hydrogen-bond donors (Lipinski definition) is 0. The molecule has 15 heavy (non-hydrogen) atoms. The van der Waals surface area contributed by atoms with E-state index in [0.29, 0.717) is 24.6 Å². The van der Waals surface area contributed by atoms with Crippen LogP contribution in [0.15, 0.2) is 0 Å². The Morgan fingerprint density at radius 1 is 1.00 bits per heavy atom. The van der Waals surface area contributed by atoms with Crippen LogP contribution in [0.3, 0.4) is 0 Å². The van der Waals surface area contributed by atoms with Gasteiger partial charge in [-0.15, -0.1) is 0 Å². The van der Waals surface area contributed by atoms with Crippen LogP contribution in [0.5, 0.6) is 0 Å². The monoisotopic (exact) mass is 246 g/mol. The van der Waals surface area contributed by atoms with Crippen LogP contribution in [0.1, 0.15) is 0 Å². The second-order valence-electron chi connectivity index (χ2n) is 3.17. The number of carbonyl (C=O) groups is 3. The SMILES string of the molecule is O=C1CN(N2CCSC(=O)C2=O)CCS1. The molecule has 0 saturated carbocycles. The van der Waals surface area contributed by atoms with Crippen molar-refractivity contribution in [3.8, 4) is 0 Å². The molecule has 7 heteroatoms. The van der Waals surface area contributed by atoms with Crippen LogP contribution in [0.2, 0.25) is 0 Å². The Balaban J connectivity index is 2.05. The summed E-state index contributed by atoms with van der Waals surface area (Å²) in [6, 6.07) is 0. The van der Waals surface area contributed by atoms with Crippen LogP contribution in [0.25, 0.3) is 0 Å². The van der Waals surface area contributed by atoms with E-state index in [1.165, 1.54) is 16.8 Å². The molecule has 1 amide bonds. The Labute approximate surface area is 95.5 Å². The summed E-state index contributed by atoms with van der Waals surface area (Å²) in [5.41, 5.74) is 0. The first-order valence-corrected chi connectivity index (χ1v) is 6.55. The van der Waals surface area contributed by atoms with E-state index >= 15 is 0 Å². The maximum Gasteiger partial charge on any atom is 0.315 e. The molecule has 0 aromatic heterocycles. The van der Waals surface area contributed by atoms with E-state index in [1.807, 2.05) is 0 Å². The van der Waals surface area contributed by atoms with Gasteiger partial charge in [0, 0.05) is 24.6 Å². The number of carbonyl (C=O) groups excluding carboxylic acids is 3. The highest BCUT2D eigenvalue weighted by molar-refractivity contribution is 8.15. The minimum absolute atomic E-state index is 0.0553. The number of nitrogens with zero attached hydrogens (tertiary/aromatic N) is 2. The molecule has 0 spiro atoms. The molecule has 0 N–H and O–H groups in total. The second kappa shape index (κ2) is 4.54. The molecule has 5 nitrogen and oxygen atoms in total. The quantitative estimate of drug-likeness (QED) is 0.586. The Kier molecular flexibility index (Phi) is 3.32. The first kappa shape index (κ1) is 11.0. The average Bonchev–Trinajstić information content (AvgIpc) is 2.22. The van der Waals surface area contributed by atoms with Crippen molar-refractivity contribution in [2.75, 3.05) is 31.1 Å². The molecule has 0 atom stereocenters. The van der Waals surface area contributed by atoms with E-state index in [-0.39, 0.29) is 11.7 Å². The predicted octanol–water partition coefficient (Wildman–Crippen LogP) is -0.421. The van der Waals surface area contributed by atoms with Gasteiger partial charge in [-0.3, -0.25) is 19.4 Å². The van der Waals surface area contributed by atoms with Crippen molar-refractivity contribution in [3.05, 3.63) is 0 Å². The number of amides is 1. The molecule has 2 heterocycles. The van der Waals surface area contributed by atoms with Crippen molar-refractivity contribution >= 4 is 39.7 Å². The lowest BCUT2D eigenvalue weighted by Crippen LogP contribution is -2.55. The third-order valence-electron chi connectivity index (χ3n) is 2.21. The van der Waals surface area contributed by atoms with Gasteiger partial charge in [0.25, 0.3) is 5.12 Å². The van der Waals surface area contributed by atoms with Crippen LogP contribution >= 0.6 is 23.5 Å². The zero-order valence-corrected chi connectivity index (χ0v) is 9.60. The molecule has 2 saturated heterocycles. The highest BCUT2D eigenvalue weighted by Gasteiger charge is 2.33. The van der Waals surface area contributed by atoms with Gasteiger partial charge in [0.15, 0.2) is 0 Å². The van der Waals surface area contributed by atoms with E-state index in [2.05, 4.69) is 0 Å². The Bertz CT molecular complexity index is 321. The molecule has 0 aromatic carbocycles. The summed E-state index contributed by atoms with van der Waals surface area (Å²) >= 11 is 2.33. The minimum Gasteiger partial charge on any atom is -0.286 e. The third kappa shape index (κ3) is 2.35. The molecule has 2 aliphatic heterocycles. The normalized spacial score (nSPS) is 24.8. The topological polar surface area (TPSA) is 57.7 Å². The van der Waals surface area contributed by atoms with Gasteiger partial charge in [0.05, 0.1) is 6.54 Å². The highest BCUT2D eigenvalue weighted by Crippen LogP contribution is 2.19. The molecule has 0 radical (unpaired) electrons. The standard InChI is InChI=1S/C8H10N2O3S2/c11-6-5-9(1-3-14-6)10-2-4-15-8(13)7(10)12/h1-5H2. The maximum absolute atomic E-state index is 11.5. The van der Waals surface area contributed by atoms with E-state index in [1.54, 1.807) is 5.01 Å². The van der Waals surface area contributed by atoms with Gasteiger partial charge >= 0.3 is 5.91 Å². The zero-order valence-electron chi connectivity index (χ0n) is 7.97. The average molecular weight is 246 g/mol. The summed E-state index contributed by atoms with van der Waals surface area (Å²) in [6.07, 6.45) is 0. The summed E-state index contributed by atoms with van der Waals surface area (Å²) in [5.74, 6) is 0.803. The summed E-state index contributed by atoms with van der Waals surface area (Å²) in [4.78, 5) is 33.9. The molecule has 0 bridgehead atoms. The van der Waals surface area contributed by atoms with Crippen LogP contribution in [0, 0.1) is 0 Å². The van der Waals surface area contributed by atoms with Crippen LogP contribution in [-0.2, 0) is 14.4 Å². The molecular weight excluding hydrogens is 236 g/mol. The minimum atomic E-state index is -0.494. The Morgan fingerprint density at radius 2 is 1.73 bits per heavy atom. The maximum atomic E-state index is 11.5. The number of thioether (sulfide) groups is 2. The van der Waals surface area contributed by atoms with Crippen LogP contribution < -0.4 is 0 Å². The second-order valence-corrected chi connectivity index (χ2v) is 5.39. The molecule has 2 rings (SSSR count). The number of rotatable bonds is 1. The number of hydrazine groups is 1. The lowest BCUT2D eigenvalue weighted by molar-refractivity contribution is -0.155. The van der Waals surface area contributed by atoms with Gasteiger partial charge in [0.2, 0.25) is 5.12 Å². The molecule has 2 fully saturated rings. The highest BCUT2D eigenvalue weighted by atomic mass is 32.2. The van der Waals surface area contributed by atoms with Gasteiger partial charge in [-0.25, -0.2) is 5.01 Å². The van der Waals surface area contributed by atoms with Gasteiger partial charge in [-0.05, 0) is 0 Å². The smallest absolute Gasteiger partial charge is 0.286 e. The van der Waals surface area contributed by atoms with E-state index < -0.39 is 11.0 Å². The van der Waals surface area contributed by atoms with Gasteiger partial charge in [-0.1, -0.05) is 23.5 Å². The van der Waals surface area contributed by atoms with Crippen molar-refractivity contribution in [2.24, 2.45) is 0 Å². The fourth-order valence-electron chi connectivity index (χ4n) is 1.51. The van der Waals surface area contributed by atoms with E-state index in [0.717, 1.165) is 11.8 Å². The van der Waals surface area contributed by atoms with Gasteiger partial charge in [-0.2, -0.15) is 0 Å². The van der Waals surface area contributed by atoms with Crippen molar-refractivity contribution < 1.29 is 14.4 Å². The first-order valence-electron chi connectivity index (χ1n) is 4.57. The largest absolute Gasteiger partial charge is 0.315 e. The van der Waals surface area contributed by atoms with Crippen molar-refractivity contribution in [3.63, 3.8) is 0 Å². The zero-order chi connectivity index (χ0) is 10.8. The van der Waals surface area contributed by atoms with E-state index in [9.17, 15) is 14.4 Å². The van der Waals surface area contributed by atoms with E-state index in [4.69, 9.17) is 0 Å². The van der Waals surface area contributed by atoms with Gasteiger partial charge in [0.1, 0.15) is 0 Å². The lowest BCUT2D eigenvalue weighted by Gasteiger charge is -2.37. The van der Waals surface area contributed by atoms with Crippen molar-refractivity contribution in [2.45, 2.75) is 0 Å². The van der Waals surface area contributed by atoms with Crippen LogP contribution in [-0.4, -0.2) is 57.3 Å². The van der Waals surface area contributed by atoms with Crippen molar-refractivity contribution in [1.82, 2.24) is 10.0 Å². The first-order chi connectivity index (χ1) is 7.18. The predicted molar refractivity (Wildman–Crippen MR) is 58.2 cm³/mol. The fourth-order valence-corrected chi connectivity index (χ4v) is 2.96. The van der Waals surface area contributed by atoms with Gasteiger partial charge < -0.3 is 0 Å². The molecule has 0 aliphatic carbocycles. The Hall–Kier alpha value is -0.530. The summed E-state index contributed by atoms with van der Waals surface area (Å²) in [6.45, 7) is 1.40. The molecule has 0 aromatic rings. The third-order valence-corrected chi connectivity index (χ3v) is 3.87. The van der Waals surface area contributed by atoms with Crippen molar-refractivity contribution in [1.29, 1.82) is 0 Å². The summed E-state index contributed by atoms with van der Waals surface area (Å²) < 4.78 is 0. The lowest BCUT2D eigenvalue weighted by atomic mass is 10.5. The molecule has 82 valence electrons. The molecular formula is C8H10N2O3S2. The molecule has 0 unspecified atom stereocenters. The Morgan fingerprint density at radius 3 is 2.47 bits per heavy atom.